The molecule has 0 saturated carbocycles. The fourth-order valence-corrected chi connectivity index (χ4v) is 4.11. The minimum Gasteiger partial charge on any atom is -0.496 e. The second kappa shape index (κ2) is 10.6. The zero-order valence-electron chi connectivity index (χ0n) is 16.9. The maximum absolute atomic E-state index is 13.1. The van der Waals surface area contributed by atoms with Gasteiger partial charge in [0.15, 0.2) is 10.9 Å². The Kier molecular flexibility index (Phi) is 7.90. The summed E-state index contributed by atoms with van der Waals surface area (Å²) in [5.74, 6) is 0.555. The Balaban J connectivity index is 1.90. The number of thioether (sulfide) groups is 1. The van der Waals surface area contributed by atoms with Crippen molar-refractivity contribution in [2.24, 2.45) is 0 Å². The van der Waals surface area contributed by atoms with E-state index in [-0.39, 0.29) is 17.1 Å². The molecule has 0 N–H and O–H groups in total. The minimum atomic E-state index is -0.152. The first-order valence-corrected chi connectivity index (χ1v) is 11.0. The van der Waals surface area contributed by atoms with Crippen LogP contribution in [-0.2, 0) is 11.3 Å². The first-order valence-electron chi connectivity index (χ1n) is 9.62. The standard InChI is InChI=1S/C22H23ClN2O4S/c1-3-29-12-6-11-25-21(27)16-10-9-15(23)13-18(16)24-22(25)30-14-19(26)17-7-4-5-8-20(17)28-2/h4-5,7-10,13H,3,6,11-12,14H2,1-2H3. The number of Topliss-reactive ketones (excluding diaryl/α,β-unsaturated/α-hetero) is 1. The van der Waals surface area contributed by atoms with E-state index in [2.05, 4.69) is 4.98 Å². The molecular weight excluding hydrogens is 424 g/mol. The van der Waals surface area contributed by atoms with Gasteiger partial charge in [-0.3, -0.25) is 14.2 Å². The molecule has 0 spiro atoms. The molecule has 0 saturated heterocycles. The summed E-state index contributed by atoms with van der Waals surface area (Å²) in [5, 5.41) is 1.48. The van der Waals surface area contributed by atoms with Crippen molar-refractivity contribution in [3.8, 4) is 5.75 Å². The van der Waals surface area contributed by atoms with E-state index in [0.717, 1.165) is 0 Å². The van der Waals surface area contributed by atoms with Crippen LogP contribution in [0, 0.1) is 0 Å². The number of rotatable bonds is 10. The second-order valence-electron chi connectivity index (χ2n) is 6.48. The van der Waals surface area contributed by atoms with Gasteiger partial charge in [0.2, 0.25) is 0 Å². The SMILES string of the molecule is CCOCCCn1c(SCC(=O)c2ccccc2OC)nc2cc(Cl)ccc2c1=O. The molecule has 6 nitrogen and oxygen atoms in total. The zero-order chi connectivity index (χ0) is 21.5. The summed E-state index contributed by atoms with van der Waals surface area (Å²) >= 11 is 7.31. The van der Waals surface area contributed by atoms with Crippen LogP contribution in [0.3, 0.4) is 0 Å². The monoisotopic (exact) mass is 446 g/mol. The second-order valence-corrected chi connectivity index (χ2v) is 7.85. The Morgan fingerprint density at radius 3 is 2.80 bits per heavy atom. The predicted octanol–water partition coefficient (Wildman–Crippen LogP) is 4.46. The molecule has 1 heterocycles. The van der Waals surface area contributed by atoms with Gasteiger partial charge in [0, 0.05) is 24.8 Å². The van der Waals surface area contributed by atoms with Crippen molar-refractivity contribution in [1.29, 1.82) is 0 Å². The molecule has 0 aliphatic carbocycles. The van der Waals surface area contributed by atoms with Crippen molar-refractivity contribution in [2.75, 3.05) is 26.1 Å². The Morgan fingerprint density at radius 1 is 1.23 bits per heavy atom. The van der Waals surface area contributed by atoms with Crippen LogP contribution in [0.25, 0.3) is 10.9 Å². The average molecular weight is 447 g/mol. The number of hydrogen-bond acceptors (Lipinski definition) is 6. The molecule has 0 radical (unpaired) electrons. The van der Waals surface area contributed by atoms with Crippen LogP contribution in [0.4, 0.5) is 0 Å². The van der Waals surface area contributed by atoms with Crippen LogP contribution in [0.2, 0.25) is 5.02 Å². The van der Waals surface area contributed by atoms with Gasteiger partial charge >= 0.3 is 0 Å². The lowest BCUT2D eigenvalue weighted by molar-refractivity contribution is 0.101. The number of halogens is 1. The molecule has 0 atom stereocenters. The van der Waals surface area contributed by atoms with Crippen molar-refractivity contribution >= 4 is 40.0 Å². The Labute approximate surface area is 184 Å². The number of ketones is 1. The molecule has 3 aromatic rings. The number of methoxy groups -OCH3 is 1. The quantitative estimate of drug-likeness (QED) is 0.198. The molecule has 0 aliphatic rings. The summed E-state index contributed by atoms with van der Waals surface area (Å²) in [5.41, 5.74) is 0.864. The molecule has 30 heavy (non-hydrogen) atoms. The van der Waals surface area contributed by atoms with Gasteiger partial charge in [0.1, 0.15) is 5.75 Å². The van der Waals surface area contributed by atoms with Gasteiger partial charge < -0.3 is 9.47 Å². The number of hydrogen-bond donors (Lipinski definition) is 0. The Bertz CT molecular complexity index is 1100. The highest BCUT2D eigenvalue weighted by Gasteiger charge is 2.16. The summed E-state index contributed by atoms with van der Waals surface area (Å²) in [6.07, 6.45) is 0.669. The van der Waals surface area contributed by atoms with Gasteiger partial charge in [0.05, 0.1) is 29.3 Å². The van der Waals surface area contributed by atoms with E-state index in [1.165, 1.54) is 18.9 Å². The first-order chi connectivity index (χ1) is 14.5. The van der Waals surface area contributed by atoms with Crippen LogP contribution in [0.1, 0.15) is 23.7 Å². The maximum atomic E-state index is 13.1. The van der Waals surface area contributed by atoms with Gasteiger partial charge in [0.25, 0.3) is 5.56 Å². The summed E-state index contributed by atoms with van der Waals surface area (Å²) in [6, 6.07) is 12.1. The molecule has 0 unspecified atom stereocenters. The van der Waals surface area contributed by atoms with Crippen molar-refractivity contribution in [1.82, 2.24) is 9.55 Å². The third-order valence-electron chi connectivity index (χ3n) is 4.50. The molecule has 158 valence electrons. The minimum absolute atomic E-state index is 0.0984. The predicted molar refractivity (Wildman–Crippen MR) is 120 cm³/mol. The van der Waals surface area contributed by atoms with E-state index >= 15 is 0 Å². The summed E-state index contributed by atoms with van der Waals surface area (Å²) in [6.45, 7) is 3.55. The number of carbonyl (C=O) groups excluding carboxylic acids is 1. The van der Waals surface area contributed by atoms with Crippen LogP contribution < -0.4 is 10.3 Å². The van der Waals surface area contributed by atoms with Crippen LogP contribution in [0.5, 0.6) is 5.75 Å². The number of ether oxygens (including phenoxy) is 2. The highest BCUT2D eigenvalue weighted by Crippen LogP contribution is 2.24. The maximum Gasteiger partial charge on any atom is 0.262 e. The molecular formula is C22H23ClN2O4S. The number of nitrogens with zero attached hydrogens (tertiary/aromatic N) is 2. The van der Waals surface area contributed by atoms with Crippen LogP contribution in [-0.4, -0.2) is 41.4 Å². The van der Waals surface area contributed by atoms with Gasteiger partial charge in [-0.15, -0.1) is 0 Å². The van der Waals surface area contributed by atoms with Gasteiger partial charge in [-0.25, -0.2) is 4.98 Å². The van der Waals surface area contributed by atoms with E-state index in [1.807, 2.05) is 13.0 Å². The molecule has 3 rings (SSSR count). The number of fused-ring (bicyclic) bond motifs is 1. The van der Waals surface area contributed by atoms with Gasteiger partial charge in [-0.05, 0) is 43.7 Å². The zero-order valence-corrected chi connectivity index (χ0v) is 18.5. The van der Waals surface area contributed by atoms with Crippen molar-refractivity contribution in [2.45, 2.75) is 25.0 Å². The van der Waals surface area contributed by atoms with E-state index in [4.69, 9.17) is 21.1 Å². The lowest BCUT2D eigenvalue weighted by Gasteiger charge is -2.13. The van der Waals surface area contributed by atoms with Crippen molar-refractivity contribution in [3.63, 3.8) is 0 Å². The van der Waals surface area contributed by atoms with Crippen LogP contribution in [0.15, 0.2) is 52.4 Å². The van der Waals surface area contributed by atoms with E-state index in [1.54, 1.807) is 41.0 Å². The van der Waals surface area contributed by atoms with Crippen molar-refractivity contribution in [3.05, 3.63) is 63.4 Å². The first kappa shape index (κ1) is 22.3. The lowest BCUT2D eigenvalue weighted by Crippen LogP contribution is -2.24. The van der Waals surface area contributed by atoms with Gasteiger partial charge in [-0.2, -0.15) is 0 Å². The topological polar surface area (TPSA) is 70.4 Å². The number of carbonyl (C=O) groups is 1. The summed E-state index contributed by atoms with van der Waals surface area (Å²) in [4.78, 5) is 30.4. The molecule has 0 amide bonds. The molecule has 2 aromatic carbocycles. The smallest absolute Gasteiger partial charge is 0.262 e. The molecule has 8 heteroatoms. The van der Waals surface area contributed by atoms with Crippen molar-refractivity contribution < 1.29 is 14.3 Å². The number of aromatic nitrogens is 2. The summed E-state index contributed by atoms with van der Waals surface area (Å²) in [7, 11) is 1.53. The molecule has 0 fully saturated rings. The number of benzene rings is 2. The largest absolute Gasteiger partial charge is 0.496 e. The van der Waals surface area contributed by atoms with Gasteiger partial charge in [-0.1, -0.05) is 35.5 Å². The molecule has 1 aromatic heterocycles. The Hall–Kier alpha value is -2.35. The molecule has 0 bridgehead atoms. The lowest BCUT2D eigenvalue weighted by atomic mass is 10.1. The fraction of sp³-hybridized carbons (Fsp3) is 0.318. The Morgan fingerprint density at radius 2 is 2.03 bits per heavy atom. The van der Waals surface area contributed by atoms with E-state index in [9.17, 15) is 9.59 Å². The van der Waals surface area contributed by atoms with E-state index in [0.29, 0.717) is 58.6 Å². The highest BCUT2D eigenvalue weighted by molar-refractivity contribution is 7.99. The van der Waals surface area contributed by atoms with Crippen LogP contribution >= 0.6 is 23.4 Å². The molecule has 0 aliphatic heterocycles. The number of para-hydroxylation sites is 1. The van der Waals surface area contributed by atoms with E-state index < -0.39 is 0 Å². The highest BCUT2D eigenvalue weighted by atomic mass is 35.5. The average Bonchev–Trinajstić information content (AvgIpc) is 2.76. The third-order valence-corrected chi connectivity index (χ3v) is 5.71. The normalized spacial score (nSPS) is 11.0. The third kappa shape index (κ3) is 5.22. The summed E-state index contributed by atoms with van der Waals surface area (Å²) < 4.78 is 12.3. The fourth-order valence-electron chi connectivity index (χ4n) is 3.03.